The molecule has 0 unspecified atom stereocenters. The van der Waals surface area contributed by atoms with E-state index in [4.69, 9.17) is 4.74 Å². The number of nitro benzene ring substituents is 1. The SMILES string of the molecule is CCc1ccc(/C=N\NC(=O)COc2cccc(F)c2)cc1[N+](=O)[O-]. The standard InChI is InChI=1S/C17H16FN3O4/c1-2-13-7-6-12(8-16(13)21(23)24)10-19-20-17(22)11-25-15-5-3-4-14(18)9-15/h3-10H,2,11H2,1H3,(H,20,22)/b19-10-. The lowest BCUT2D eigenvalue weighted by Gasteiger charge is -2.04. The highest BCUT2D eigenvalue weighted by Gasteiger charge is 2.12. The molecule has 25 heavy (non-hydrogen) atoms. The first-order valence-electron chi connectivity index (χ1n) is 7.47. The quantitative estimate of drug-likeness (QED) is 0.474. The number of rotatable bonds is 7. The number of nitrogens with zero attached hydrogens (tertiary/aromatic N) is 2. The molecule has 7 nitrogen and oxygen atoms in total. The zero-order valence-electron chi connectivity index (χ0n) is 13.4. The van der Waals surface area contributed by atoms with Crippen LogP contribution in [0.1, 0.15) is 18.1 Å². The molecule has 8 heteroatoms. The van der Waals surface area contributed by atoms with Crippen molar-refractivity contribution in [1.82, 2.24) is 5.43 Å². The fourth-order valence-corrected chi connectivity index (χ4v) is 2.05. The van der Waals surface area contributed by atoms with Gasteiger partial charge in [-0.1, -0.05) is 25.1 Å². The van der Waals surface area contributed by atoms with Crippen LogP contribution in [0.3, 0.4) is 0 Å². The number of amides is 1. The second-order valence-corrected chi connectivity index (χ2v) is 5.04. The number of hydrazone groups is 1. The third-order valence-electron chi connectivity index (χ3n) is 3.26. The molecule has 0 fully saturated rings. The summed E-state index contributed by atoms with van der Waals surface area (Å²) < 4.78 is 18.1. The van der Waals surface area contributed by atoms with Gasteiger partial charge in [0.15, 0.2) is 6.61 Å². The van der Waals surface area contributed by atoms with E-state index in [-0.39, 0.29) is 18.0 Å². The van der Waals surface area contributed by atoms with Gasteiger partial charge < -0.3 is 4.74 Å². The van der Waals surface area contributed by atoms with Gasteiger partial charge in [-0.25, -0.2) is 9.82 Å². The molecular formula is C17H16FN3O4. The number of ether oxygens (including phenoxy) is 1. The lowest BCUT2D eigenvalue weighted by molar-refractivity contribution is -0.385. The summed E-state index contributed by atoms with van der Waals surface area (Å²) in [6, 6.07) is 10.1. The summed E-state index contributed by atoms with van der Waals surface area (Å²) in [5.41, 5.74) is 3.34. The van der Waals surface area contributed by atoms with E-state index in [1.807, 2.05) is 6.92 Å². The van der Waals surface area contributed by atoms with Crippen LogP contribution in [0.15, 0.2) is 47.6 Å². The number of halogens is 1. The van der Waals surface area contributed by atoms with Gasteiger partial charge in [-0.15, -0.1) is 0 Å². The van der Waals surface area contributed by atoms with Crippen molar-refractivity contribution in [2.75, 3.05) is 6.61 Å². The minimum Gasteiger partial charge on any atom is -0.484 e. The van der Waals surface area contributed by atoms with Crippen molar-refractivity contribution >= 4 is 17.8 Å². The molecule has 1 amide bonds. The third kappa shape index (κ3) is 5.38. The second-order valence-electron chi connectivity index (χ2n) is 5.04. The Kier molecular flexibility index (Phi) is 6.16. The van der Waals surface area contributed by atoms with Crippen molar-refractivity contribution in [2.24, 2.45) is 5.10 Å². The Labute approximate surface area is 143 Å². The molecule has 0 heterocycles. The largest absolute Gasteiger partial charge is 0.484 e. The summed E-state index contributed by atoms with van der Waals surface area (Å²) in [5, 5.41) is 14.7. The zero-order valence-corrected chi connectivity index (χ0v) is 13.4. The molecule has 2 aromatic carbocycles. The summed E-state index contributed by atoms with van der Waals surface area (Å²) in [5.74, 6) is -0.779. The van der Waals surface area contributed by atoms with Gasteiger partial charge in [-0.2, -0.15) is 5.10 Å². The number of nitro groups is 1. The van der Waals surface area contributed by atoms with Gasteiger partial charge in [0.1, 0.15) is 11.6 Å². The van der Waals surface area contributed by atoms with E-state index in [1.165, 1.54) is 30.5 Å². The summed E-state index contributed by atoms with van der Waals surface area (Å²) in [7, 11) is 0. The summed E-state index contributed by atoms with van der Waals surface area (Å²) in [6.45, 7) is 1.49. The molecule has 0 bridgehead atoms. The van der Waals surface area contributed by atoms with Crippen molar-refractivity contribution in [1.29, 1.82) is 0 Å². The van der Waals surface area contributed by atoms with Crippen LogP contribution in [0, 0.1) is 15.9 Å². The van der Waals surface area contributed by atoms with E-state index in [1.54, 1.807) is 12.1 Å². The first-order chi connectivity index (χ1) is 12.0. The first kappa shape index (κ1) is 18.1. The number of hydrogen-bond donors (Lipinski definition) is 1. The summed E-state index contributed by atoms with van der Waals surface area (Å²) >= 11 is 0. The van der Waals surface area contributed by atoms with Crippen molar-refractivity contribution in [3.05, 3.63) is 69.5 Å². The van der Waals surface area contributed by atoms with Crippen molar-refractivity contribution in [2.45, 2.75) is 13.3 Å². The van der Waals surface area contributed by atoms with Crippen LogP contribution < -0.4 is 10.2 Å². The molecule has 0 aliphatic heterocycles. The van der Waals surface area contributed by atoms with E-state index in [9.17, 15) is 19.3 Å². The zero-order chi connectivity index (χ0) is 18.2. The molecule has 0 saturated heterocycles. The Hall–Kier alpha value is -3.29. The molecule has 0 radical (unpaired) electrons. The maximum atomic E-state index is 13.0. The molecule has 0 aromatic heterocycles. The van der Waals surface area contributed by atoms with Crippen molar-refractivity contribution in [3.8, 4) is 5.75 Å². The molecule has 0 aliphatic carbocycles. The molecule has 2 aromatic rings. The summed E-state index contributed by atoms with van der Waals surface area (Å²) in [6.07, 6.45) is 1.84. The van der Waals surface area contributed by atoms with Crippen LogP contribution in [0.4, 0.5) is 10.1 Å². The van der Waals surface area contributed by atoms with Gasteiger partial charge in [0, 0.05) is 23.3 Å². The van der Waals surface area contributed by atoms with Gasteiger partial charge in [-0.3, -0.25) is 14.9 Å². The van der Waals surface area contributed by atoms with Crippen molar-refractivity contribution in [3.63, 3.8) is 0 Å². The smallest absolute Gasteiger partial charge is 0.277 e. The lowest BCUT2D eigenvalue weighted by atomic mass is 10.1. The molecule has 0 atom stereocenters. The Bertz CT molecular complexity index is 808. The molecule has 0 aliphatic rings. The van der Waals surface area contributed by atoms with E-state index < -0.39 is 16.6 Å². The van der Waals surface area contributed by atoms with Crippen LogP contribution >= 0.6 is 0 Å². The minimum atomic E-state index is -0.541. The fourth-order valence-electron chi connectivity index (χ4n) is 2.05. The summed E-state index contributed by atoms with van der Waals surface area (Å²) in [4.78, 5) is 22.2. The third-order valence-corrected chi connectivity index (χ3v) is 3.26. The maximum Gasteiger partial charge on any atom is 0.277 e. The molecule has 0 saturated carbocycles. The predicted molar refractivity (Wildman–Crippen MR) is 90.1 cm³/mol. The molecule has 130 valence electrons. The maximum absolute atomic E-state index is 13.0. The Morgan fingerprint density at radius 3 is 2.84 bits per heavy atom. The Morgan fingerprint density at radius 2 is 2.16 bits per heavy atom. The topological polar surface area (TPSA) is 93.8 Å². The molecule has 0 spiro atoms. The van der Waals surface area contributed by atoms with Crippen molar-refractivity contribution < 1.29 is 18.8 Å². The van der Waals surface area contributed by atoms with Gasteiger partial charge >= 0.3 is 0 Å². The number of carbonyl (C=O) groups is 1. The molecule has 2 rings (SSSR count). The fraction of sp³-hybridized carbons (Fsp3) is 0.176. The molecular weight excluding hydrogens is 329 g/mol. The van der Waals surface area contributed by atoms with Gasteiger partial charge in [0.05, 0.1) is 11.1 Å². The van der Waals surface area contributed by atoms with E-state index in [0.29, 0.717) is 17.5 Å². The normalized spacial score (nSPS) is 10.6. The number of hydrogen-bond acceptors (Lipinski definition) is 5. The number of nitrogens with one attached hydrogen (secondary N) is 1. The van der Waals surface area contributed by atoms with E-state index in [0.717, 1.165) is 6.07 Å². The van der Waals surface area contributed by atoms with Gasteiger partial charge in [0.2, 0.25) is 0 Å². The number of aryl methyl sites for hydroxylation is 1. The van der Waals surface area contributed by atoms with Crippen LogP contribution in [0.5, 0.6) is 5.75 Å². The first-order valence-corrected chi connectivity index (χ1v) is 7.47. The van der Waals surface area contributed by atoms with Crippen LogP contribution in [-0.4, -0.2) is 23.7 Å². The van der Waals surface area contributed by atoms with Crippen LogP contribution in [0.2, 0.25) is 0 Å². The van der Waals surface area contributed by atoms with Gasteiger partial charge in [0.25, 0.3) is 11.6 Å². The lowest BCUT2D eigenvalue weighted by Crippen LogP contribution is -2.24. The molecule has 1 N–H and O–H groups in total. The van der Waals surface area contributed by atoms with E-state index >= 15 is 0 Å². The average Bonchev–Trinajstić information content (AvgIpc) is 2.60. The number of carbonyl (C=O) groups excluding carboxylic acids is 1. The average molecular weight is 345 g/mol. The van der Waals surface area contributed by atoms with E-state index in [2.05, 4.69) is 10.5 Å². The van der Waals surface area contributed by atoms with Crippen LogP contribution in [0.25, 0.3) is 0 Å². The number of benzene rings is 2. The second kappa shape index (κ2) is 8.53. The Balaban J connectivity index is 1.91. The monoisotopic (exact) mass is 345 g/mol. The minimum absolute atomic E-state index is 0.00668. The highest BCUT2D eigenvalue weighted by Crippen LogP contribution is 2.20. The Morgan fingerprint density at radius 1 is 1.36 bits per heavy atom. The highest BCUT2D eigenvalue weighted by atomic mass is 19.1. The highest BCUT2D eigenvalue weighted by molar-refractivity contribution is 5.83. The van der Waals surface area contributed by atoms with Crippen LogP contribution in [-0.2, 0) is 11.2 Å². The van der Waals surface area contributed by atoms with Gasteiger partial charge in [-0.05, 0) is 18.6 Å². The predicted octanol–water partition coefficient (Wildman–Crippen LogP) is 2.83.